The number of carbonyl (C=O) groups is 1. The van der Waals surface area contributed by atoms with Crippen LogP contribution in [0, 0.1) is 13.8 Å². The zero-order valence-corrected chi connectivity index (χ0v) is 14.4. The van der Waals surface area contributed by atoms with Gasteiger partial charge in [0.15, 0.2) is 0 Å². The molecule has 0 spiro atoms. The SMILES string of the molecule is Cc1cc(C)n(C2CCN(c3cc(C(N)=O)c4ccccc4n3)C2)n1. The molecule has 128 valence electrons. The number of aromatic nitrogens is 3. The van der Waals surface area contributed by atoms with E-state index in [0.29, 0.717) is 11.6 Å². The number of benzene rings is 1. The van der Waals surface area contributed by atoms with Crippen LogP contribution in [-0.2, 0) is 0 Å². The monoisotopic (exact) mass is 335 g/mol. The standard InChI is InChI=1S/C19H21N5O/c1-12-9-13(2)24(22-12)14-7-8-23(11-14)18-10-16(19(20)25)15-5-3-4-6-17(15)21-18/h3-6,9-10,14H,7-8,11H2,1-2H3,(H2,20,25). The molecule has 3 aromatic rings. The molecule has 2 aromatic heterocycles. The van der Waals surface area contributed by atoms with Gasteiger partial charge in [0.25, 0.3) is 0 Å². The molecular weight excluding hydrogens is 314 g/mol. The van der Waals surface area contributed by atoms with Gasteiger partial charge in [0, 0.05) is 24.2 Å². The molecule has 1 fully saturated rings. The fourth-order valence-corrected chi connectivity index (χ4v) is 3.69. The predicted molar refractivity (Wildman–Crippen MR) is 97.8 cm³/mol. The number of para-hydroxylation sites is 1. The van der Waals surface area contributed by atoms with Crippen molar-refractivity contribution in [3.8, 4) is 0 Å². The van der Waals surface area contributed by atoms with Crippen LogP contribution in [0.2, 0.25) is 0 Å². The van der Waals surface area contributed by atoms with Crippen molar-refractivity contribution in [1.29, 1.82) is 0 Å². The smallest absolute Gasteiger partial charge is 0.249 e. The van der Waals surface area contributed by atoms with Crippen molar-refractivity contribution >= 4 is 22.6 Å². The lowest BCUT2D eigenvalue weighted by Crippen LogP contribution is -2.23. The molecule has 1 aliphatic rings. The Hall–Kier alpha value is -2.89. The van der Waals surface area contributed by atoms with Crippen molar-refractivity contribution in [2.45, 2.75) is 26.3 Å². The van der Waals surface area contributed by atoms with E-state index in [1.165, 1.54) is 5.69 Å². The number of hydrogen-bond acceptors (Lipinski definition) is 4. The highest BCUT2D eigenvalue weighted by Gasteiger charge is 2.27. The Balaban J connectivity index is 1.69. The van der Waals surface area contributed by atoms with E-state index in [1.807, 2.05) is 37.3 Å². The van der Waals surface area contributed by atoms with Crippen LogP contribution in [0.25, 0.3) is 10.9 Å². The molecule has 4 rings (SSSR count). The maximum atomic E-state index is 11.9. The Morgan fingerprint density at radius 3 is 2.76 bits per heavy atom. The first kappa shape index (κ1) is 15.6. The lowest BCUT2D eigenvalue weighted by atomic mass is 10.1. The van der Waals surface area contributed by atoms with E-state index in [9.17, 15) is 4.79 Å². The lowest BCUT2D eigenvalue weighted by molar-refractivity contribution is 0.100. The molecule has 6 nitrogen and oxygen atoms in total. The van der Waals surface area contributed by atoms with Crippen molar-refractivity contribution in [3.63, 3.8) is 0 Å². The van der Waals surface area contributed by atoms with Gasteiger partial charge in [-0.1, -0.05) is 18.2 Å². The molecule has 0 bridgehead atoms. The number of pyridine rings is 1. The maximum Gasteiger partial charge on any atom is 0.249 e. The zero-order chi connectivity index (χ0) is 17.6. The van der Waals surface area contributed by atoms with E-state index in [1.54, 1.807) is 0 Å². The van der Waals surface area contributed by atoms with E-state index in [4.69, 9.17) is 10.7 Å². The maximum absolute atomic E-state index is 11.9. The van der Waals surface area contributed by atoms with Crippen LogP contribution in [0.1, 0.15) is 34.2 Å². The van der Waals surface area contributed by atoms with Gasteiger partial charge in [-0.05, 0) is 38.5 Å². The number of anilines is 1. The third-order valence-electron chi connectivity index (χ3n) is 4.85. The number of fused-ring (bicyclic) bond motifs is 1. The van der Waals surface area contributed by atoms with Crippen LogP contribution in [0.4, 0.5) is 5.82 Å². The van der Waals surface area contributed by atoms with Crippen molar-refractivity contribution in [2.75, 3.05) is 18.0 Å². The Bertz CT molecular complexity index is 962. The van der Waals surface area contributed by atoms with Crippen LogP contribution in [0.15, 0.2) is 36.4 Å². The fourth-order valence-electron chi connectivity index (χ4n) is 3.69. The first-order valence-corrected chi connectivity index (χ1v) is 8.50. The van der Waals surface area contributed by atoms with Gasteiger partial charge in [0.2, 0.25) is 5.91 Å². The minimum atomic E-state index is -0.422. The summed E-state index contributed by atoms with van der Waals surface area (Å²) in [7, 11) is 0. The molecule has 0 saturated carbocycles. The Morgan fingerprint density at radius 1 is 1.24 bits per heavy atom. The van der Waals surface area contributed by atoms with Crippen molar-refractivity contribution in [1.82, 2.24) is 14.8 Å². The van der Waals surface area contributed by atoms with Gasteiger partial charge < -0.3 is 10.6 Å². The molecule has 6 heteroatoms. The highest BCUT2D eigenvalue weighted by Crippen LogP contribution is 2.29. The van der Waals surface area contributed by atoms with Gasteiger partial charge >= 0.3 is 0 Å². The van der Waals surface area contributed by atoms with Gasteiger partial charge in [-0.2, -0.15) is 5.10 Å². The number of primary amides is 1. The summed E-state index contributed by atoms with van der Waals surface area (Å²) >= 11 is 0. The van der Waals surface area contributed by atoms with E-state index in [-0.39, 0.29) is 0 Å². The second kappa shape index (κ2) is 5.88. The molecule has 1 saturated heterocycles. The summed E-state index contributed by atoms with van der Waals surface area (Å²) in [5.74, 6) is 0.380. The number of nitrogens with zero attached hydrogens (tertiary/aromatic N) is 4. The van der Waals surface area contributed by atoms with E-state index >= 15 is 0 Å². The van der Waals surface area contributed by atoms with E-state index in [0.717, 1.165) is 41.9 Å². The quantitative estimate of drug-likeness (QED) is 0.798. The topological polar surface area (TPSA) is 77.0 Å². The normalized spacial score (nSPS) is 17.4. The van der Waals surface area contributed by atoms with Gasteiger partial charge in [0.05, 0.1) is 22.8 Å². The van der Waals surface area contributed by atoms with Gasteiger partial charge in [-0.25, -0.2) is 4.98 Å². The van der Waals surface area contributed by atoms with E-state index in [2.05, 4.69) is 27.7 Å². The minimum Gasteiger partial charge on any atom is -0.366 e. The molecule has 1 atom stereocenters. The molecule has 1 unspecified atom stereocenters. The minimum absolute atomic E-state index is 0.319. The summed E-state index contributed by atoms with van der Waals surface area (Å²) in [4.78, 5) is 18.8. The van der Waals surface area contributed by atoms with Gasteiger partial charge in [-0.3, -0.25) is 9.48 Å². The molecule has 1 amide bonds. The first-order valence-electron chi connectivity index (χ1n) is 8.50. The summed E-state index contributed by atoms with van der Waals surface area (Å²) in [5.41, 5.74) is 9.12. The zero-order valence-electron chi connectivity index (χ0n) is 14.4. The summed E-state index contributed by atoms with van der Waals surface area (Å²) < 4.78 is 2.10. The highest BCUT2D eigenvalue weighted by molar-refractivity contribution is 6.06. The second-order valence-corrected chi connectivity index (χ2v) is 6.67. The third kappa shape index (κ3) is 2.73. The van der Waals surface area contributed by atoms with Crippen LogP contribution < -0.4 is 10.6 Å². The summed E-state index contributed by atoms with van der Waals surface area (Å²) in [6.07, 6.45) is 1.00. The first-order chi connectivity index (χ1) is 12.0. The number of amides is 1. The molecular formula is C19H21N5O. The summed E-state index contributed by atoms with van der Waals surface area (Å²) in [6.45, 7) is 5.81. The molecule has 1 aliphatic heterocycles. The largest absolute Gasteiger partial charge is 0.366 e. The number of carbonyl (C=O) groups excluding carboxylic acids is 1. The third-order valence-corrected chi connectivity index (χ3v) is 4.85. The highest BCUT2D eigenvalue weighted by atomic mass is 16.1. The number of nitrogens with two attached hydrogens (primary N) is 1. The number of hydrogen-bond donors (Lipinski definition) is 1. The molecule has 0 aliphatic carbocycles. The average Bonchev–Trinajstić information content (AvgIpc) is 3.20. The summed E-state index contributed by atoms with van der Waals surface area (Å²) in [6, 6.07) is 11.8. The second-order valence-electron chi connectivity index (χ2n) is 6.67. The molecule has 1 aromatic carbocycles. The Kier molecular flexibility index (Phi) is 3.67. The fraction of sp³-hybridized carbons (Fsp3) is 0.316. The van der Waals surface area contributed by atoms with Crippen molar-refractivity contribution in [3.05, 3.63) is 53.3 Å². The van der Waals surface area contributed by atoms with Crippen LogP contribution in [0.3, 0.4) is 0 Å². The molecule has 25 heavy (non-hydrogen) atoms. The van der Waals surface area contributed by atoms with Crippen LogP contribution in [-0.4, -0.2) is 33.8 Å². The molecule has 0 radical (unpaired) electrons. The summed E-state index contributed by atoms with van der Waals surface area (Å²) in [5, 5.41) is 5.41. The van der Waals surface area contributed by atoms with Crippen LogP contribution >= 0.6 is 0 Å². The molecule has 3 heterocycles. The van der Waals surface area contributed by atoms with Gasteiger partial charge in [-0.15, -0.1) is 0 Å². The van der Waals surface area contributed by atoms with Gasteiger partial charge in [0.1, 0.15) is 5.82 Å². The lowest BCUT2D eigenvalue weighted by Gasteiger charge is -2.19. The number of aryl methyl sites for hydroxylation is 2. The molecule has 2 N–H and O–H groups in total. The predicted octanol–water partition coefficient (Wildman–Crippen LogP) is 2.60. The van der Waals surface area contributed by atoms with E-state index < -0.39 is 5.91 Å². The average molecular weight is 335 g/mol. The van der Waals surface area contributed by atoms with Crippen LogP contribution in [0.5, 0.6) is 0 Å². The Morgan fingerprint density at radius 2 is 2.04 bits per heavy atom. The number of rotatable bonds is 3. The Labute approximate surface area is 146 Å². The van der Waals surface area contributed by atoms with Crippen molar-refractivity contribution in [2.24, 2.45) is 5.73 Å². The van der Waals surface area contributed by atoms with Crippen molar-refractivity contribution < 1.29 is 4.79 Å².